The van der Waals surface area contributed by atoms with E-state index < -0.39 is 47.9 Å². The molecule has 0 fully saturated rings. The van der Waals surface area contributed by atoms with Gasteiger partial charge in [-0.3, -0.25) is 24.2 Å². The van der Waals surface area contributed by atoms with Crippen LogP contribution in [0.4, 0.5) is 0 Å². The lowest BCUT2D eigenvalue weighted by molar-refractivity contribution is -0.141. The molecule has 3 amide bonds. The Morgan fingerprint density at radius 3 is 2.26 bits per heavy atom. The van der Waals surface area contributed by atoms with E-state index in [1.54, 1.807) is 0 Å². The number of imidazole rings is 1. The molecule has 1 heterocycles. The highest BCUT2D eigenvalue weighted by Gasteiger charge is 2.30. The van der Waals surface area contributed by atoms with Gasteiger partial charge in [0.15, 0.2) is 5.96 Å². The summed E-state index contributed by atoms with van der Waals surface area (Å²) in [5, 5.41) is 16.7. The number of nitrogens with two attached hydrogens (primary N) is 3. The number of rotatable bonds is 15. The van der Waals surface area contributed by atoms with E-state index >= 15 is 0 Å². The predicted octanol–water partition coefficient (Wildman–Crippen LogP) is -2.06. The third-order valence-electron chi connectivity index (χ3n) is 5.48. The second-order valence-electron chi connectivity index (χ2n) is 8.33. The summed E-state index contributed by atoms with van der Waals surface area (Å²) in [4.78, 5) is 60.3. The minimum atomic E-state index is -1.23. The Balaban J connectivity index is 3.04. The molecule has 1 aromatic heterocycles. The van der Waals surface area contributed by atoms with Crippen molar-refractivity contribution < 1.29 is 24.3 Å². The van der Waals surface area contributed by atoms with Crippen LogP contribution in [0.25, 0.3) is 0 Å². The largest absolute Gasteiger partial charge is 0.480 e. The first-order valence-corrected chi connectivity index (χ1v) is 11.4. The van der Waals surface area contributed by atoms with Crippen LogP contribution in [0.3, 0.4) is 0 Å². The van der Waals surface area contributed by atoms with Gasteiger partial charge >= 0.3 is 5.97 Å². The Kier molecular flexibility index (Phi) is 12.2. The van der Waals surface area contributed by atoms with Crippen molar-refractivity contribution in [2.75, 3.05) is 6.54 Å². The number of hydrogen-bond acceptors (Lipinski definition) is 7. The minimum Gasteiger partial charge on any atom is -0.480 e. The second kappa shape index (κ2) is 14.6. The van der Waals surface area contributed by atoms with Gasteiger partial charge in [-0.25, -0.2) is 4.98 Å². The predicted molar refractivity (Wildman–Crippen MR) is 129 cm³/mol. The summed E-state index contributed by atoms with van der Waals surface area (Å²) in [6.07, 6.45) is 4.12. The number of H-pyrrole nitrogens is 1. The fraction of sp³-hybridized carbons (Fsp3) is 0.619. The molecule has 11 N–H and O–H groups in total. The Morgan fingerprint density at radius 1 is 1.09 bits per heavy atom. The maximum absolute atomic E-state index is 13.2. The van der Waals surface area contributed by atoms with Gasteiger partial charge in [0, 0.05) is 24.9 Å². The summed E-state index contributed by atoms with van der Waals surface area (Å²) >= 11 is 0. The van der Waals surface area contributed by atoms with Crippen molar-refractivity contribution in [3.8, 4) is 0 Å². The van der Waals surface area contributed by atoms with E-state index in [1.165, 1.54) is 19.4 Å². The number of nitrogens with zero attached hydrogens (tertiary/aromatic N) is 2. The molecule has 5 unspecified atom stereocenters. The molecular formula is C21H37N9O5. The van der Waals surface area contributed by atoms with Crippen molar-refractivity contribution in [3.05, 3.63) is 18.2 Å². The first kappa shape index (κ1) is 29.4. The Labute approximate surface area is 203 Å². The number of hydrogen-bond donors (Lipinski definition) is 8. The summed E-state index contributed by atoms with van der Waals surface area (Å²) in [6, 6.07) is -4.16. The van der Waals surface area contributed by atoms with Gasteiger partial charge in [-0.15, -0.1) is 0 Å². The number of aromatic amines is 1. The number of aromatic nitrogens is 2. The summed E-state index contributed by atoms with van der Waals surface area (Å²) in [5.74, 6) is -3.29. The molecule has 0 aliphatic heterocycles. The molecule has 14 nitrogen and oxygen atoms in total. The molecule has 0 saturated carbocycles. The van der Waals surface area contributed by atoms with Crippen LogP contribution in [0.5, 0.6) is 0 Å². The van der Waals surface area contributed by atoms with E-state index in [0.29, 0.717) is 18.5 Å². The topological polar surface area (TPSA) is 244 Å². The number of aliphatic imine (C=N–C) groups is 1. The summed E-state index contributed by atoms with van der Waals surface area (Å²) in [5.41, 5.74) is 17.2. The monoisotopic (exact) mass is 495 g/mol. The van der Waals surface area contributed by atoms with Gasteiger partial charge in [0.1, 0.15) is 18.1 Å². The van der Waals surface area contributed by atoms with Crippen LogP contribution >= 0.6 is 0 Å². The standard InChI is InChI=1S/C21H37N9O5/c1-4-11(2)16(22)19(33)29-14(6-5-7-26-21(23)24)17(31)30-15(8-13-9-25-10-27-13)18(32)28-12(3)20(34)35/h9-12,14-16H,4-8,22H2,1-3H3,(H,25,27)(H,28,32)(H,29,33)(H,30,31)(H,34,35)(H4,23,24,26). The Hall–Kier alpha value is -3.68. The lowest BCUT2D eigenvalue weighted by Gasteiger charge is -2.25. The molecule has 0 bridgehead atoms. The lowest BCUT2D eigenvalue weighted by atomic mass is 9.98. The first-order valence-electron chi connectivity index (χ1n) is 11.4. The molecule has 1 aromatic rings. The van der Waals surface area contributed by atoms with Gasteiger partial charge in [-0.1, -0.05) is 20.3 Å². The zero-order valence-corrected chi connectivity index (χ0v) is 20.3. The number of amides is 3. The zero-order valence-electron chi connectivity index (χ0n) is 20.3. The first-order chi connectivity index (χ1) is 16.5. The van der Waals surface area contributed by atoms with Gasteiger partial charge in [-0.2, -0.15) is 0 Å². The number of nitrogens with one attached hydrogen (secondary N) is 4. The highest BCUT2D eigenvalue weighted by Crippen LogP contribution is 2.08. The molecule has 5 atom stereocenters. The molecule has 14 heteroatoms. The van der Waals surface area contributed by atoms with Crippen LogP contribution in [-0.4, -0.2) is 75.4 Å². The van der Waals surface area contributed by atoms with Crippen LogP contribution < -0.4 is 33.2 Å². The summed E-state index contributed by atoms with van der Waals surface area (Å²) in [7, 11) is 0. The van der Waals surface area contributed by atoms with E-state index in [1.807, 2.05) is 13.8 Å². The van der Waals surface area contributed by atoms with Crippen molar-refractivity contribution in [1.29, 1.82) is 0 Å². The van der Waals surface area contributed by atoms with Crippen molar-refractivity contribution in [3.63, 3.8) is 0 Å². The average Bonchev–Trinajstić information content (AvgIpc) is 3.32. The number of carboxylic acids is 1. The number of carboxylic acid groups (broad SMARTS) is 1. The normalized spacial score (nSPS) is 15.1. The van der Waals surface area contributed by atoms with Crippen molar-refractivity contribution in [2.24, 2.45) is 28.1 Å². The van der Waals surface area contributed by atoms with E-state index in [4.69, 9.17) is 22.3 Å². The molecule has 0 aliphatic carbocycles. The molecule has 0 radical (unpaired) electrons. The van der Waals surface area contributed by atoms with Gasteiger partial charge in [0.25, 0.3) is 0 Å². The molecule has 1 rings (SSSR count). The third kappa shape index (κ3) is 10.4. The molecule has 196 valence electrons. The highest BCUT2D eigenvalue weighted by atomic mass is 16.4. The van der Waals surface area contributed by atoms with Gasteiger partial charge in [-0.05, 0) is 25.7 Å². The second-order valence-corrected chi connectivity index (χ2v) is 8.33. The van der Waals surface area contributed by atoms with Gasteiger partial charge in [0.2, 0.25) is 17.7 Å². The number of aliphatic carboxylic acids is 1. The molecule has 0 spiro atoms. The van der Waals surface area contributed by atoms with Crippen LogP contribution in [0.2, 0.25) is 0 Å². The smallest absolute Gasteiger partial charge is 0.325 e. The molecular weight excluding hydrogens is 458 g/mol. The number of guanidine groups is 1. The average molecular weight is 496 g/mol. The SMILES string of the molecule is CCC(C)C(N)C(=O)NC(CCCN=C(N)N)C(=O)NC(Cc1cnc[nH]1)C(=O)NC(C)C(=O)O. The van der Waals surface area contributed by atoms with Crippen LogP contribution in [0.15, 0.2) is 17.5 Å². The third-order valence-corrected chi connectivity index (χ3v) is 5.48. The molecule has 0 aliphatic rings. The van der Waals surface area contributed by atoms with E-state index in [9.17, 15) is 19.2 Å². The fourth-order valence-electron chi connectivity index (χ4n) is 3.03. The van der Waals surface area contributed by atoms with E-state index in [-0.39, 0.29) is 31.3 Å². The zero-order chi connectivity index (χ0) is 26.5. The van der Waals surface area contributed by atoms with Crippen molar-refractivity contribution >= 4 is 29.7 Å². The fourth-order valence-corrected chi connectivity index (χ4v) is 3.03. The van der Waals surface area contributed by atoms with Crippen LogP contribution in [0, 0.1) is 5.92 Å². The quantitative estimate of drug-likeness (QED) is 0.0756. The molecule has 0 aromatic carbocycles. The van der Waals surface area contributed by atoms with Crippen LogP contribution in [0.1, 0.15) is 45.7 Å². The minimum absolute atomic E-state index is 0.0188. The highest BCUT2D eigenvalue weighted by molar-refractivity contribution is 5.94. The van der Waals surface area contributed by atoms with Crippen molar-refractivity contribution in [2.45, 2.75) is 70.6 Å². The van der Waals surface area contributed by atoms with Crippen molar-refractivity contribution in [1.82, 2.24) is 25.9 Å². The Bertz CT molecular complexity index is 871. The maximum atomic E-state index is 13.2. The molecule has 0 saturated heterocycles. The maximum Gasteiger partial charge on any atom is 0.325 e. The van der Waals surface area contributed by atoms with E-state index in [0.717, 1.165) is 0 Å². The van der Waals surface area contributed by atoms with Gasteiger partial charge in [0.05, 0.1) is 12.4 Å². The number of carbonyl (C=O) groups excluding carboxylic acids is 3. The van der Waals surface area contributed by atoms with E-state index in [2.05, 4.69) is 30.9 Å². The molecule has 35 heavy (non-hydrogen) atoms. The number of carbonyl (C=O) groups is 4. The summed E-state index contributed by atoms with van der Waals surface area (Å²) in [6.45, 7) is 5.26. The van der Waals surface area contributed by atoms with Gasteiger partial charge < -0.3 is 43.2 Å². The summed E-state index contributed by atoms with van der Waals surface area (Å²) < 4.78 is 0. The Morgan fingerprint density at radius 2 is 1.71 bits per heavy atom. The lowest BCUT2D eigenvalue weighted by Crippen LogP contribution is -2.58. The van der Waals surface area contributed by atoms with Crippen LogP contribution in [-0.2, 0) is 25.6 Å².